The lowest BCUT2D eigenvalue weighted by Gasteiger charge is -2.22. The Balaban J connectivity index is 1.87. The molecule has 0 radical (unpaired) electrons. The number of aryl methyl sites for hydroxylation is 3. The molecule has 0 amide bonds. The molecule has 0 fully saturated rings. The van der Waals surface area contributed by atoms with Crippen molar-refractivity contribution in [2.24, 2.45) is 0 Å². The van der Waals surface area contributed by atoms with Gasteiger partial charge in [0.1, 0.15) is 5.82 Å². The van der Waals surface area contributed by atoms with Crippen LogP contribution in [-0.4, -0.2) is 8.42 Å². The normalized spacial score (nSPS) is 15.6. The summed E-state index contributed by atoms with van der Waals surface area (Å²) in [5.74, 6) is -0.402. The molecule has 2 aromatic rings. The van der Waals surface area contributed by atoms with Gasteiger partial charge in [-0.2, -0.15) is 0 Å². The third kappa shape index (κ3) is 3.93. The number of hydrogen-bond donors (Lipinski definition) is 1. The molecule has 1 aliphatic rings. The Hall–Kier alpha value is -1.72. The molecular weight excluding hydrogens is 337 g/mol. The van der Waals surface area contributed by atoms with Crippen LogP contribution in [0.5, 0.6) is 0 Å². The number of sulfonamides is 1. The molecule has 0 bridgehead atoms. The first-order chi connectivity index (χ1) is 11.9. The molecule has 3 rings (SSSR count). The smallest absolute Gasteiger partial charge is 0.207 e. The first-order valence-corrected chi connectivity index (χ1v) is 10.3. The van der Waals surface area contributed by atoms with Gasteiger partial charge in [-0.05, 0) is 79.5 Å². The predicted molar refractivity (Wildman–Crippen MR) is 97.6 cm³/mol. The van der Waals surface area contributed by atoms with E-state index in [1.54, 1.807) is 6.92 Å². The average Bonchev–Trinajstić information content (AvgIpc) is 2.61. The summed E-state index contributed by atoms with van der Waals surface area (Å²) in [5.41, 5.74) is 4.02. The van der Waals surface area contributed by atoms with Crippen molar-refractivity contribution in [3.8, 4) is 0 Å². The minimum Gasteiger partial charge on any atom is -0.207 e. The Kier molecular flexibility index (Phi) is 5.25. The van der Waals surface area contributed by atoms with Gasteiger partial charge in [-0.3, -0.25) is 0 Å². The van der Waals surface area contributed by atoms with Crippen molar-refractivity contribution in [1.29, 1.82) is 0 Å². The lowest BCUT2D eigenvalue weighted by Crippen LogP contribution is -2.28. The highest BCUT2D eigenvalue weighted by Crippen LogP contribution is 2.27. The molecule has 0 spiro atoms. The van der Waals surface area contributed by atoms with Gasteiger partial charge in [0.2, 0.25) is 10.0 Å². The van der Waals surface area contributed by atoms with E-state index in [0.717, 1.165) is 18.4 Å². The number of halogens is 1. The fourth-order valence-corrected chi connectivity index (χ4v) is 4.79. The third-order valence-corrected chi connectivity index (χ3v) is 6.39. The van der Waals surface area contributed by atoms with Crippen LogP contribution in [0.4, 0.5) is 4.39 Å². The second-order valence-corrected chi connectivity index (χ2v) is 8.44. The van der Waals surface area contributed by atoms with Crippen LogP contribution >= 0.6 is 0 Å². The molecule has 1 atom stereocenters. The minimum absolute atomic E-state index is 0.0998. The van der Waals surface area contributed by atoms with E-state index in [-0.39, 0.29) is 10.9 Å². The van der Waals surface area contributed by atoms with Crippen molar-refractivity contribution in [3.63, 3.8) is 0 Å². The van der Waals surface area contributed by atoms with Crippen LogP contribution in [0.2, 0.25) is 0 Å². The van der Waals surface area contributed by atoms with Crippen molar-refractivity contribution in [2.45, 2.75) is 56.9 Å². The molecule has 0 aliphatic heterocycles. The Bertz CT molecular complexity index is 877. The third-order valence-electron chi connectivity index (χ3n) is 4.92. The van der Waals surface area contributed by atoms with Gasteiger partial charge in [-0.25, -0.2) is 17.5 Å². The highest BCUT2D eigenvalue weighted by Gasteiger charge is 2.22. The number of hydrogen-bond acceptors (Lipinski definition) is 2. The van der Waals surface area contributed by atoms with Gasteiger partial charge in [-0.15, -0.1) is 0 Å². The second-order valence-electron chi connectivity index (χ2n) is 6.73. The van der Waals surface area contributed by atoms with Gasteiger partial charge in [0, 0.05) is 6.04 Å². The molecule has 1 N–H and O–H groups in total. The molecule has 25 heavy (non-hydrogen) atoms. The molecule has 0 heterocycles. The van der Waals surface area contributed by atoms with Gasteiger partial charge in [0.05, 0.1) is 4.90 Å². The molecule has 0 aromatic heterocycles. The highest BCUT2D eigenvalue weighted by molar-refractivity contribution is 7.89. The van der Waals surface area contributed by atoms with Gasteiger partial charge < -0.3 is 0 Å². The standard InChI is InChI=1S/C20H24FNO2S/c1-3-20(17-9-8-15-6-4-5-7-16(15)13-17)22-25(23,24)18-10-11-19(21)14(2)12-18/h8-13,20,22H,3-7H2,1-2H3/t20-/m1/s1. The number of rotatable bonds is 5. The van der Waals surface area contributed by atoms with Gasteiger partial charge in [0.15, 0.2) is 0 Å². The van der Waals surface area contributed by atoms with Gasteiger partial charge in [-0.1, -0.05) is 25.1 Å². The van der Waals surface area contributed by atoms with Gasteiger partial charge in [0.25, 0.3) is 0 Å². The zero-order valence-corrected chi connectivity index (χ0v) is 15.5. The van der Waals surface area contributed by atoms with Crippen LogP contribution in [0.3, 0.4) is 0 Å². The fourth-order valence-electron chi connectivity index (χ4n) is 3.40. The molecule has 2 aromatic carbocycles. The van der Waals surface area contributed by atoms with Crippen molar-refractivity contribution in [1.82, 2.24) is 4.72 Å². The molecule has 1 aliphatic carbocycles. The Morgan fingerprint density at radius 3 is 2.48 bits per heavy atom. The quantitative estimate of drug-likeness (QED) is 0.856. The summed E-state index contributed by atoms with van der Waals surface area (Å²) in [6.07, 6.45) is 5.22. The van der Waals surface area contributed by atoms with Crippen LogP contribution in [-0.2, 0) is 22.9 Å². The van der Waals surface area contributed by atoms with E-state index >= 15 is 0 Å². The Morgan fingerprint density at radius 2 is 1.80 bits per heavy atom. The molecule has 0 saturated carbocycles. The maximum Gasteiger partial charge on any atom is 0.241 e. The zero-order valence-electron chi connectivity index (χ0n) is 14.7. The lowest BCUT2D eigenvalue weighted by atomic mass is 9.89. The van der Waals surface area contributed by atoms with Crippen molar-refractivity contribution in [3.05, 3.63) is 64.5 Å². The van der Waals surface area contributed by atoms with E-state index in [2.05, 4.69) is 16.9 Å². The molecule has 134 valence electrons. The fraction of sp³-hybridized carbons (Fsp3) is 0.400. The van der Waals surface area contributed by atoms with Crippen LogP contribution in [0.1, 0.15) is 54.5 Å². The van der Waals surface area contributed by atoms with Crippen LogP contribution in [0, 0.1) is 12.7 Å². The first kappa shape index (κ1) is 18.1. The molecule has 3 nitrogen and oxygen atoms in total. The van der Waals surface area contributed by atoms with Gasteiger partial charge >= 0.3 is 0 Å². The van der Waals surface area contributed by atoms with E-state index in [1.165, 1.54) is 42.2 Å². The maximum absolute atomic E-state index is 13.4. The minimum atomic E-state index is -3.70. The summed E-state index contributed by atoms with van der Waals surface area (Å²) >= 11 is 0. The summed E-state index contributed by atoms with van der Waals surface area (Å²) in [6, 6.07) is 9.88. The van der Waals surface area contributed by atoms with Crippen LogP contribution in [0.25, 0.3) is 0 Å². The molecule has 0 unspecified atom stereocenters. The zero-order chi connectivity index (χ0) is 18.0. The second kappa shape index (κ2) is 7.26. The van der Waals surface area contributed by atoms with Crippen LogP contribution in [0.15, 0.2) is 41.3 Å². The van der Waals surface area contributed by atoms with Crippen LogP contribution < -0.4 is 4.72 Å². The lowest BCUT2D eigenvalue weighted by molar-refractivity contribution is 0.548. The Morgan fingerprint density at radius 1 is 1.08 bits per heavy atom. The SMILES string of the molecule is CC[C@@H](NS(=O)(=O)c1ccc(F)c(C)c1)c1ccc2c(c1)CCCC2. The Labute approximate surface area is 149 Å². The maximum atomic E-state index is 13.4. The van der Waals surface area contributed by atoms with E-state index in [0.29, 0.717) is 12.0 Å². The molecule has 5 heteroatoms. The summed E-state index contributed by atoms with van der Waals surface area (Å²) in [4.78, 5) is 0.0998. The summed E-state index contributed by atoms with van der Waals surface area (Å²) < 4.78 is 41.6. The summed E-state index contributed by atoms with van der Waals surface area (Å²) in [7, 11) is -3.70. The van der Waals surface area contributed by atoms with E-state index in [4.69, 9.17) is 0 Å². The number of nitrogens with one attached hydrogen (secondary N) is 1. The average molecular weight is 361 g/mol. The van der Waals surface area contributed by atoms with Crippen molar-refractivity contribution in [2.75, 3.05) is 0 Å². The summed E-state index contributed by atoms with van der Waals surface area (Å²) in [6.45, 7) is 3.53. The number of fused-ring (bicyclic) bond motifs is 1. The highest BCUT2D eigenvalue weighted by atomic mass is 32.2. The topological polar surface area (TPSA) is 46.2 Å². The molecule has 0 saturated heterocycles. The monoisotopic (exact) mass is 361 g/mol. The number of benzene rings is 2. The van der Waals surface area contributed by atoms with E-state index in [1.807, 2.05) is 13.0 Å². The van der Waals surface area contributed by atoms with Crippen molar-refractivity contribution >= 4 is 10.0 Å². The largest absolute Gasteiger partial charge is 0.241 e. The summed E-state index contributed by atoms with van der Waals surface area (Å²) in [5, 5.41) is 0. The van der Waals surface area contributed by atoms with E-state index < -0.39 is 15.8 Å². The van der Waals surface area contributed by atoms with E-state index in [9.17, 15) is 12.8 Å². The van der Waals surface area contributed by atoms with Crippen molar-refractivity contribution < 1.29 is 12.8 Å². The predicted octanol–water partition coefficient (Wildman–Crippen LogP) is 4.44. The first-order valence-electron chi connectivity index (χ1n) is 8.81. The molecular formula is C20H24FNO2S.